The van der Waals surface area contributed by atoms with Gasteiger partial charge in [-0.15, -0.1) is 0 Å². The molecule has 0 aliphatic carbocycles. The smallest absolute Gasteiger partial charge is 0.407 e. The monoisotopic (exact) mass is 540 g/mol. The van der Waals surface area contributed by atoms with Crippen LogP contribution in [0.1, 0.15) is 58.5 Å². The lowest BCUT2D eigenvalue weighted by atomic mass is 9.85. The lowest BCUT2D eigenvalue weighted by Gasteiger charge is -2.21. The summed E-state index contributed by atoms with van der Waals surface area (Å²) in [5, 5.41) is 27.5. The summed E-state index contributed by atoms with van der Waals surface area (Å²) >= 11 is 0. The number of likely N-dealkylation sites (tertiary alicyclic amines) is 1. The Hall–Kier alpha value is -4.91. The molecule has 1 atom stereocenters. The van der Waals surface area contributed by atoms with Gasteiger partial charge in [0.25, 0.3) is 11.8 Å². The third kappa shape index (κ3) is 6.56. The number of aryl methyl sites for hydroxylation is 1. The summed E-state index contributed by atoms with van der Waals surface area (Å²) in [6.07, 6.45) is 2.26. The van der Waals surface area contributed by atoms with E-state index in [1.54, 1.807) is 62.4 Å². The van der Waals surface area contributed by atoms with Crippen molar-refractivity contribution in [2.45, 2.75) is 45.1 Å². The van der Waals surface area contributed by atoms with Gasteiger partial charge in [0.15, 0.2) is 0 Å². The van der Waals surface area contributed by atoms with Gasteiger partial charge in [0, 0.05) is 29.9 Å². The lowest BCUT2D eigenvalue weighted by molar-refractivity contribution is 0.101. The Morgan fingerprint density at radius 3 is 2.52 bits per heavy atom. The first kappa shape index (κ1) is 28.1. The van der Waals surface area contributed by atoms with Crippen LogP contribution in [0.2, 0.25) is 0 Å². The third-order valence-electron chi connectivity index (χ3n) is 7.03. The van der Waals surface area contributed by atoms with E-state index >= 15 is 0 Å². The highest BCUT2D eigenvalue weighted by Gasteiger charge is 2.28. The van der Waals surface area contributed by atoms with Crippen LogP contribution in [0.25, 0.3) is 0 Å². The van der Waals surface area contributed by atoms with Crippen LogP contribution in [0, 0.1) is 18.3 Å². The van der Waals surface area contributed by atoms with Gasteiger partial charge in [-0.1, -0.05) is 18.2 Å². The second-order valence-electron chi connectivity index (χ2n) is 10.3. The molecule has 2 heterocycles. The minimum absolute atomic E-state index is 0.0947. The number of hydrogen-bond donors (Lipinski definition) is 4. The summed E-state index contributed by atoms with van der Waals surface area (Å²) in [5.74, 6) is -0.113. The Bertz CT molecular complexity index is 1460. The van der Waals surface area contributed by atoms with Crippen LogP contribution in [0.3, 0.4) is 0 Å². The molecule has 4 rings (SSSR count). The molecule has 1 aliphatic rings. The summed E-state index contributed by atoms with van der Waals surface area (Å²) in [4.78, 5) is 43.1. The number of carboxylic acid groups (broad SMARTS) is 1. The fourth-order valence-electron chi connectivity index (χ4n) is 4.55. The summed E-state index contributed by atoms with van der Waals surface area (Å²) in [6.45, 7) is 6.39. The molecule has 1 aliphatic heterocycles. The molecule has 0 saturated carbocycles. The zero-order valence-corrected chi connectivity index (χ0v) is 22.7. The van der Waals surface area contributed by atoms with Crippen molar-refractivity contribution in [1.82, 2.24) is 9.88 Å². The summed E-state index contributed by atoms with van der Waals surface area (Å²) in [5.41, 5.74) is 2.51. The molecule has 3 amide bonds. The first-order valence-corrected chi connectivity index (χ1v) is 13.0. The summed E-state index contributed by atoms with van der Waals surface area (Å²) in [7, 11) is 0. The van der Waals surface area contributed by atoms with E-state index < -0.39 is 11.5 Å². The van der Waals surface area contributed by atoms with Gasteiger partial charge in [-0.2, -0.15) is 5.26 Å². The van der Waals surface area contributed by atoms with Crippen LogP contribution < -0.4 is 16.0 Å². The van der Waals surface area contributed by atoms with E-state index in [4.69, 9.17) is 0 Å². The van der Waals surface area contributed by atoms with E-state index in [1.807, 2.05) is 13.0 Å². The summed E-state index contributed by atoms with van der Waals surface area (Å²) < 4.78 is 0. The van der Waals surface area contributed by atoms with Gasteiger partial charge in [0.1, 0.15) is 5.82 Å². The van der Waals surface area contributed by atoms with Crippen LogP contribution in [0.15, 0.2) is 60.8 Å². The Kier molecular flexibility index (Phi) is 8.34. The van der Waals surface area contributed by atoms with Crippen molar-refractivity contribution in [3.8, 4) is 6.07 Å². The zero-order valence-electron chi connectivity index (χ0n) is 22.7. The van der Waals surface area contributed by atoms with Gasteiger partial charge in [-0.05, 0) is 81.1 Å². The van der Waals surface area contributed by atoms with Gasteiger partial charge >= 0.3 is 6.09 Å². The predicted octanol–water partition coefficient (Wildman–Crippen LogP) is 5.25. The average molecular weight is 541 g/mol. The van der Waals surface area contributed by atoms with Crippen molar-refractivity contribution in [1.29, 1.82) is 5.26 Å². The maximum absolute atomic E-state index is 13.1. The first-order valence-electron chi connectivity index (χ1n) is 13.0. The molecular formula is C30H32N6O4. The quantitative estimate of drug-likeness (QED) is 0.305. The first-order chi connectivity index (χ1) is 19.1. The van der Waals surface area contributed by atoms with E-state index in [1.165, 1.54) is 11.1 Å². The molecule has 0 radical (unpaired) electrons. The fraction of sp³-hybridized carbons (Fsp3) is 0.300. The van der Waals surface area contributed by atoms with Gasteiger partial charge in [0.2, 0.25) is 0 Å². The zero-order chi connectivity index (χ0) is 28.9. The molecule has 206 valence electrons. The number of aromatic nitrogens is 1. The van der Waals surface area contributed by atoms with Crippen molar-refractivity contribution < 1.29 is 19.5 Å². The SMILES string of the molecule is Cc1ccc(NC(=O)c2cccc(C(C)(C)C#N)c2)cc1C(=O)Nc1ccc(NCC2CCCN2C(=O)O)nc1. The highest BCUT2D eigenvalue weighted by Crippen LogP contribution is 2.24. The standard InChI is InChI=1S/C30H32N6O4/c1-19-9-10-22(34-27(37)20-6-4-7-21(14-20)30(2,3)18-31)15-25(19)28(38)35-23-11-12-26(32-16-23)33-17-24-8-5-13-36(24)29(39)40/h4,6-7,9-12,14-16,24H,5,8,13,17H2,1-3H3,(H,32,33)(H,34,37)(H,35,38)(H,39,40). The molecule has 1 unspecified atom stereocenters. The number of benzene rings is 2. The normalized spacial score (nSPS) is 14.8. The molecule has 3 aromatic rings. The van der Waals surface area contributed by atoms with Crippen LogP contribution >= 0.6 is 0 Å². The third-order valence-corrected chi connectivity index (χ3v) is 7.03. The van der Waals surface area contributed by atoms with Gasteiger partial charge < -0.3 is 26.0 Å². The van der Waals surface area contributed by atoms with Crippen molar-refractivity contribution in [3.05, 3.63) is 83.0 Å². The molecule has 1 fully saturated rings. The van der Waals surface area contributed by atoms with E-state index in [-0.39, 0.29) is 17.9 Å². The van der Waals surface area contributed by atoms with Gasteiger partial charge in [-0.3, -0.25) is 9.59 Å². The number of nitriles is 1. The number of carbonyl (C=O) groups is 3. The molecule has 1 saturated heterocycles. The van der Waals surface area contributed by atoms with Crippen molar-refractivity contribution >= 4 is 35.1 Å². The van der Waals surface area contributed by atoms with Crippen molar-refractivity contribution in [3.63, 3.8) is 0 Å². The molecule has 10 heteroatoms. The minimum atomic E-state index is -0.914. The molecular weight excluding hydrogens is 508 g/mol. The minimum Gasteiger partial charge on any atom is -0.465 e. The second kappa shape index (κ2) is 11.9. The highest BCUT2D eigenvalue weighted by atomic mass is 16.4. The maximum atomic E-state index is 13.1. The molecule has 0 bridgehead atoms. The van der Waals surface area contributed by atoms with Crippen molar-refractivity contribution in [2.75, 3.05) is 29.0 Å². The van der Waals surface area contributed by atoms with E-state index in [0.29, 0.717) is 41.4 Å². The number of rotatable bonds is 8. The fourth-order valence-corrected chi connectivity index (χ4v) is 4.55. The largest absolute Gasteiger partial charge is 0.465 e. The number of nitrogens with one attached hydrogen (secondary N) is 3. The van der Waals surface area contributed by atoms with E-state index in [9.17, 15) is 24.8 Å². The van der Waals surface area contributed by atoms with Gasteiger partial charge in [0.05, 0.1) is 29.4 Å². The number of pyridine rings is 1. The van der Waals surface area contributed by atoms with Crippen LogP contribution in [0.4, 0.5) is 22.0 Å². The molecule has 1 aromatic heterocycles. The predicted molar refractivity (Wildman–Crippen MR) is 153 cm³/mol. The van der Waals surface area contributed by atoms with Crippen molar-refractivity contribution in [2.24, 2.45) is 0 Å². The number of nitrogens with zero attached hydrogens (tertiary/aromatic N) is 3. The van der Waals surface area contributed by atoms with E-state index in [0.717, 1.165) is 24.0 Å². The van der Waals surface area contributed by atoms with E-state index in [2.05, 4.69) is 27.0 Å². The van der Waals surface area contributed by atoms with Crippen LogP contribution in [0.5, 0.6) is 0 Å². The van der Waals surface area contributed by atoms with Crippen LogP contribution in [-0.4, -0.2) is 52.0 Å². The average Bonchev–Trinajstić information content (AvgIpc) is 3.43. The Balaban J connectivity index is 1.39. The molecule has 40 heavy (non-hydrogen) atoms. The Labute approximate surface area is 233 Å². The van der Waals surface area contributed by atoms with Gasteiger partial charge in [-0.25, -0.2) is 9.78 Å². The topological polar surface area (TPSA) is 147 Å². The number of amides is 3. The summed E-state index contributed by atoms with van der Waals surface area (Å²) in [6, 6.07) is 17.6. The molecule has 4 N–H and O–H groups in total. The number of anilines is 3. The molecule has 2 aromatic carbocycles. The second-order valence-corrected chi connectivity index (χ2v) is 10.3. The molecule has 10 nitrogen and oxygen atoms in total. The highest BCUT2D eigenvalue weighted by molar-refractivity contribution is 6.08. The maximum Gasteiger partial charge on any atom is 0.407 e. The van der Waals surface area contributed by atoms with Crippen LogP contribution in [-0.2, 0) is 5.41 Å². The molecule has 0 spiro atoms. The Morgan fingerprint density at radius 2 is 1.82 bits per heavy atom. The number of hydrogen-bond acceptors (Lipinski definition) is 6. The lowest BCUT2D eigenvalue weighted by Crippen LogP contribution is -2.38. The Morgan fingerprint density at radius 1 is 1.07 bits per heavy atom. The number of carbonyl (C=O) groups excluding carboxylic acids is 2.